The zero-order valence-electron chi connectivity index (χ0n) is 17.2. The Hall–Kier alpha value is -3.22. The van der Waals surface area contributed by atoms with Gasteiger partial charge in [0.1, 0.15) is 5.75 Å². The highest BCUT2D eigenvalue weighted by atomic mass is 32.1. The molecule has 31 heavy (non-hydrogen) atoms. The number of nitrogens with zero attached hydrogens (tertiary/aromatic N) is 1. The first-order chi connectivity index (χ1) is 15.2. The van der Waals surface area contributed by atoms with Crippen molar-refractivity contribution in [1.29, 1.82) is 0 Å². The Labute approximate surface area is 184 Å². The molecule has 6 heteroatoms. The Morgan fingerprint density at radius 1 is 0.935 bits per heavy atom. The molecule has 1 heterocycles. The van der Waals surface area contributed by atoms with E-state index in [1.54, 1.807) is 35.5 Å². The number of rotatable bonds is 8. The zero-order chi connectivity index (χ0) is 21.6. The molecule has 0 aliphatic rings. The number of hydrogen-bond acceptors (Lipinski definition) is 5. The molecule has 0 fully saturated rings. The molecular formula is C25H23NO4S. The van der Waals surface area contributed by atoms with Gasteiger partial charge in [-0.25, -0.2) is 0 Å². The van der Waals surface area contributed by atoms with Crippen LogP contribution in [0.5, 0.6) is 5.75 Å². The van der Waals surface area contributed by atoms with Crippen molar-refractivity contribution >= 4 is 37.4 Å². The number of methoxy groups -OCH3 is 1. The second kappa shape index (κ2) is 9.73. The topological polar surface area (TPSA) is 55.8 Å². The van der Waals surface area contributed by atoms with Crippen LogP contribution in [0.3, 0.4) is 0 Å². The summed E-state index contributed by atoms with van der Waals surface area (Å²) < 4.78 is 12.8. The molecule has 0 unspecified atom stereocenters. The van der Waals surface area contributed by atoms with Gasteiger partial charge >= 0.3 is 0 Å². The zero-order valence-corrected chi connectivity index (χ0v) is 18.1. The average Bonchev–Trinajstić information content (AvgIpc) is 2.81. The maximum atomic E-state index is 12.9. The molecule has 4 aromatic rings. The normalized spacial score (nSPS) is 11.0. The summed E-state index contributed by atoms with van der Waals surface area (Å²) in [5.41, 5.74) is 1.02. The van der Waals surface area contributed by atoms with Crippen LogP contribution in [-0.4, -0.2) is 37.7 Å². The van der Waals surface area contributed by atoms with Crippen LogP contribution in [0.15, 0.2) is 77.6 Å². The van der Waals surface area contributed by atoms with Gasteiger partial charge in [0.25, 0.3) is 5.91 Å². The molecule has 0 aliphatic carbocycles. The number of ether oxygens (including phenoxy) is 2. The summed E-state index contributed by atoms with van der Waals surface area (Å²) in [5, 5.41) is 1.30. The lowest BCUT2D eigenvalue weighted by molar-refractivity contribution is -0.134. The van der Waals surface area contributed by atoms with Gasteiger partial charge in [-0.05, 0) is 35.9 Å². The first-order valence-electron chi connectivity index (χ1n) is 10.0. The summed E-state index contributed by atoms with van der Waals surface area (Å²) in [5.74, 6) is 0.372. The lowest BCUT2D eigenvalue weighted by atomic mass is 10.2. The van der Waals surface area contributed by atoms with Crippen molar-refractivity contribution in [2.45, 2.75) is 6.54 Å². The summed E-state index contributed by atoms with van der Waals surface area (Å²) in [6.07, 6.45) is 0. The summed E-state index contributed by atoms with van der Waals surface area (Å²) in [4.78, 5) is 27.4. The van der Waals surface area contributed by atoms with Crippen molar-refractivity contribution in [2.24, 2.45) is 0 Å². The first-order valence-corrected chi connectivity index (χ1v) is 10.9. The highest BCUT2D eigenvalue weighted by molar-refractivity contribution is 7.24. The van der Waals surface area contributed by atoms with Crippen molar-refractivity contribution < 1.29 is 14.3 Å². The van der Waals surface area contributed by atoms with Crippen LogP contribution in [0.1, 0.15) is 5.56 Å². The third-order valence-electron chi connectivity index (χ3n) is 5.04. The Morgan fingerprint density at radius 3 is 2.48 bits per heavy atom. The van der Waals surface area contributed by atoms with Crippen molar-refractivity contribution in [2.75, 3.05) is 26.9 Å². The molecule has 1 aromatic heterocycles. The monoisotopic (exact) mass is 433 g/mol. The third-order valence-corrected chi connectivity index (χ3v) is 6.20. The molecule has 0 atom stereocenters. The predicted octanol–water partition coefficient (Wildman–Crippen LogP) is 4.47. The van der Waals surface area contributed by atoms with E-state index in [-0.39, 0.29) is 17.9 Å². The molecule has 5 nitrogen and oxygen atoms in total. The Morgan fingerprint density at radius 2 is 1.68 bits per heavy atom. The molecule has 0 saturated carbocycles. The number of carbonyl (C=O) groups excluding carboxylic acids is 1. The van der Waals surface area contributed by atoms with Crippen LogP contribution in [0.25, 0.3) is 20.2 Å². The largest absolute Gasteiger partial charge is 0.484 e. The fourth-order valence-corrected chi connectivity index (χ4v) is 4.46. The van der Waals surface area contributed by atoms with Gasteiger partial charge in [0.15, 0.2) is 12.0 Å². The minimum atomic E-state index is -0.135. The van der Waals surface area contributed by atoms with Gasteiger partial charge < -0.3 is 14.4 Å². The predicted molar refractivity (Wildman–Crippen MR) is 125 cm³/mol. The van der Waals surface area contributed by atoms with Crippen molar-refractivity contribution in [3.05, 3.63) is 88.6 Å². The molecular weight excluding hydrogens is 410 g/mol. The van der Waals surface area contributed by atoms with Gasteiger partial charge in [-0.3, -0.25) is 9.59 Å². The molecule has 0 N–H and O–H groups in total. The van der Waals surface area contributed by atoms with Crippen molar-refractivity contribution in [1.82, 2.24) is 4.90 Å². The Bertz CT molecular complexity index is 1250. The van der Waals surface area contributed by atoms with Crippen molar-refractivity contribution in [3.63, 3.8) is 0 Å². The van der Waals surface area contributed by atoms with E-state index in [1.807, 2.05) is 60.7 Å². The number of hydrogen-bond donors (Lipinski definition) is 0. The maximum Gasteiger partial charge on any atom is 0.260 e. The maximum absolute atomic E-state index is 12.9. The van der Waals surface area contributed by atoms with Crippen LogP contribution in [0.4, 0.5) is 0 Å². The first kappa shape index (κ1) is 21.0. The van der Waals surface area contributed by atoms with Gasteiger partial charge in [0.05, 0.1) is 6.61 Å². The molecule has 1 amide bonds. The molecule has 158 valence electrons. The average molecular weight is 434 g/mol. The molecule has 0 bridgehead atoms. The fraction of sp³-hybridized carbons (Fsp3) is 0.200. The molecule has 0 saturated heterocycles. The standard InChI is InChI=1S/C25H23NO4S/c1-29-14-13-26(16-18-7-3-2-4-8-18)24(27)17-30-19-11-12-23-21(15-19)25(28)20-9-5-6-10-22(20)31-23/h2-12,15H,13-14,16-17H2,1H3. The van der Waals surface area contributed by atoms with Gasteiger partial charge in [0, 0.05) is 40.4 Å². The van der Waals surface area contributed by atoms with E-state index in [0.29, 0.717) is 36.2 Å². The Kier molecular flexibility index (Phi) is 6.60. The molecule has 0 radical (unpaired) electrons. The number of benzene rings is 3. The van der Waals surface area contributed by atoms with E-state index in [1.165, 1.54) is 0 Å². The van der Waals surface area contributed by atoms with Crippen LogP contribution in [0.2, 0.25) is 0 Å². The van der Waals surface area contributed by atoms with E-state index in [9.17, 15) is 9.59 Å². The van der Waals surface area contributed by atoms with E-state index in [0.717, 1.165) is 15.0 Å². The lowest BCUT2D eigenvalue weighted by Gasteiger charge is -2.22. The minimum Gasteiger partial charge on any atom is -0.484 e. The van der Waals surface area contributed by atoms with Crippen LogP contribution >= 0.6 is 11.3 Å². The number of amides is 1. The summed E-state index contributed by atoms with van der Waals surface area (Å²) in [6.45, 7) is 1.31. The highest BCUT2D eigenvalue weighted by Gasteiger charge is 2.15. The smallest absolute Gasteiger partial charge is 0.260 e. The van der Waals surface area contributed by atoms with Crippen LogP contribution in [-0.2, 0) is 16.1 Å². The van der Waals surface area contributed by atoms with E-state index >= 15 is 0 Å². The van der Waals surface area contributed by atoms with Crippen LogP contribution < -0.4 is 10.2 Å². The SMILES string of the molecule is COCCN(Cc1ccccc1)C(=O)COc1ccc2sc3ccccc3c(=O)c2c1. The summed E-state index contributed by atoms with van der Waals surface area (Å²) in [6, 6.07) is 22.8. The molecule has 0 spiro atoms. The lowest BCUT2D eigenvalue weighted by Crippen LogP contribution is -2.36. The second-order valence-corrected chi connectivity index (χ2v) is 8.25. The molecule has 4 rings (SSSR count). The summed E-state index contributed by atoms with van der Waals surface area (Å²) >= 11 is 1.57. The number of fused-ring (bicyclic) bond motifs is 2. The molecule has 0 aliphatic heterocycles. The van der Waals surface area contributed by atoms with Gasteiger partial charge in [-0.2, -0.15) is 0 Å². The van der Waals surface area contributed by atoms with E-state index in [4.69, 9.17) is 9.47 Å². The van der Waals surface area contributed by atoms with Crippen molar-refractivity contribution in [3.8, 4) is 5.75 Å². The third kappa shape index (κ3) is 4.93. The summed E-state index contributed by atoms with van der Waals surface area (Å²) in [7, 11) is 1.61. The minimum absolute atomic E-state index is 0.0214. The van der Waals surface area contributed by atoms with E-state index in [2.05, 4.69) is 0 Å². The fourth-order valence-electron chi connectivity index (χ4n) is 3.41. The highest BCUT2D eigenvalue weighted by Crippen LogP contribution is 2.27. The molecule has 3 aromatic carbocycles. The van der Waals surface area contributed by atoms with E-state index < -0.39 is 0 Å². The number of carbonyl (C=O) groups is 1. The van der Waals surface area contributed by atoms with Gasteiger partial charge in [-0.15, -0.1) is 11.3 Å². The Balaban J connectivity index is 1.51. The quantitative estimate of drug-likeness (QED) is 0.385. The van der Waals surface area contributed by atoms with Crippen LogP contribution in [0, 0.1) is 0 Å². The second-order valence-electron chi connectivity index (χ2n) is 7.17. The van der Waals surface area contributed by atoms with Gasteiger partial charge in [-0.1, -0.05) is 42.5 Å². The van der Waals surface area contributed by atoms with Gasteiger partial charge in [0.2, 0.25) is 0 Å².